The first-order chi connectivity index (χ1) is 2.56. The summed E-state index contributed by atoms with van der Waals surface area (Å²) >= 11 is 0. The molecule has 0 aliphatic heterocycles. The van der Waals surface area contributed by atoms with Crippen LogP contribution in [-0.2, 0) is 10.1 Å². The molecule has 0 fully saturated rings. The van der Waals surface area contributed by atoms with Gasteiger partial charge in [0.15, 0.2) is 0 Å². The zero-order valence-electron chi connectivity index (χ0n) is 2.96. The Balaban J connectivity index is 0. The molecule has 0 rings (SSSR count). The summed E-state index contributed by atoms with van der Waals surface area (Å²) in [5.74, 6) is 0. The monoisotopic (exact) mass is 148 g/mol. The van der Waals surface area contributed by atoms with Crippen molar-refractivity contribution in [2.24, 2.45) is 0 Å². The van der Waals surface area contributed by atoms with Gasteiger partial charge < -0.3 is 0 Å². The molecule has 1 N–H and O–H groups in total. The van der Waals surface area contributed by atoms with Crippen molar-refractivity contribution in [1.82, 2.24) is 0 Å². The van der Waals surface area contributed by atoms with Gasteiger partial charge >= 0.3 is 51.4 Å². The van der Waals surface area contributed by atoms with Gasteiger partial charge in [-0.25, -0.2) is 0 Å². The van der Waals surface area contributed by atoms with Gasteiger partial charge in [0.2, 0.25) is 0 Å². The van der Waals surface area contributed by atoms with E-state index in [4.69, 9.17) is 4.55 Å². The molecular weight excluding hydrogens is 143 g/mol. The van der Waals surface area contributed by atoms with Crippen LogP contribution in [0.2, 0.25) is 0 Å². The fourth-order valence-corrected chi connectivity index (χ4v) is 0. The third-order valence-corrected chi connectivity index (χ3v) is 0.632. The Kier molecular flexibility index (Phi) is 6.67. The van der Waals surface area contributed by atoms with Crippen LogP contribution in [0.5, 0.6) is 0 Å². The van der Waals surface area contributed by atoms with Crippen LogP contribution in [0.1, 0.15) is 0 Å². The second kappa shape index (κ2) is 4.19. The van der Waals surface area contributed by atoms with Crippen LogP contribution >= 0.6 is 0 Å². The van der Waals surface area contributed by atoms with E-state index in [-0.39, 0.29) is 51.4 Å². The molecule has 0 saturated heterocycles. The molecule has 0 radical (unpaired) electrons. The van der Waals surface area contributed by atoms with Gasteiger partial charge in [-0.15, -0.1) is 0 Å². The zero-order chi connectivity index (χ0) is 5.21. The van der Waals surface area contributed by atoms with E-state index in [0.717, 1.165) is 0 Å². The molecule has 0 aliphatic rings. The van der Waals surface area contributed by atoms with E-state index in [9.17, 15) is 8.42 Å². The summed E-state index contributed by atoms with van der Waals surface area (Å²) in [7, 11) is -3.90. The van der Waals surface area contributed by atoms with Gasteiger partial charge in [-0.1, -0.05) is 6.58 Å². The second-order valence-electron chi connectivity index (χ2n) is 0.682. The summed E-state index contributed by atoms with van der Waals surface area (Å²) in [5.41, 5.74) is 0. The molecule has 5 heteroatoms. The van der Waals surface area contributed by atoms with Crippen molar-refractivity contribution in [1.29, 1.82) is 0 Å². The molecule has 0 heterocycles. The number of rotatable bonds is 1. The van der Waals surface area contributed by atoms with Crippen LogP contribution in [-0.4, -0.2) is 64.4 Å². The van der Waals surface area contributed by atoms with Gasteiger partial charge in [0.05, 0.1) is 5.41 Å². The second-order valence-corrected chi connectivity index (χ2v) is 2.04. The molecule has 0 bridgehead atoms. The molecule has 3 nitrogen and oxygen atoms in total. The van der Waals surface area contributed by atoms with E-state index in [0.29, 0.717) is 5.41 Å². The van der Waals surface area contributed by atoms with E-state index in [1.54, 1.807) is 0 Å². The predicted octanol–water partition coefficient (Wildman–Crippen LogP) is -0.631. The van der Waals surface area contributed by atoms with E-state index in [2.05, 4.69) is 6.58 Å². The molecule has 0 aliphatic carbocycles. The first-order valence-electron chi connectivity index (χ1n) is 1.16. The summed E-state index contributed by atoms with van der Waals surface area (Å²) < 4.78 is 26.6. The van der Waals surface area contributed by atoms with E-state index in [1.807, 2.05) is 0 Å². The van der Waals surface area contributed by atoms with Crippen LogP contribution in [0.25, 0.3) is 0 Å². The standard InChI is InChI=1S/C2H4O3S.K.H/c1-2-6(3,4)5;;/h2H,1H2,(H,3,4,5);;. The fourth-order valence-electron chi connectivity index (χ4n) is 0. The van der Waals surface area contributed by atoms with Crippen molar-refractivity contribution in [3.05, 3.63) is 12.0 Å². The topological polar surface area (TPSA) is 54.4 Å². The van der Waals surface area contributed by atoms with Gasteiger partial charge in [-0.2, -0.15) is 8.42 Å². The third kappa shape index (κ3) is 11.1. The van der Waals surface area contributed by atoms with Crippen LogP contribution in [0, 0.1) is 0 Å². The van der Waals surface area contributed by atoms with Crippen LogP contribution < -0.4 is 0 Å². The van der Waals surface area contributed by atoms with E-state index < -0.39 is 10.1 Å². The number of hydrogen-bond acceptors (Lipinski definition) is 2. The summed E-state index contributed by atoms with van der Waals surface area (Å²) in [5, 5.41) is 0.465. The first kappa shape index (κ1) is 11.1. The maximum absolute atomic E-state index is 9.44. The molecule has 0 aromatic carbocycles. The summed E-state index contributed by atoms with van der Waals surface area (Å²) in [6.07, 6.45) is 0. The van der Waals surface area contributed by atoms with Gasteiger partial charge in [-0.05, 0) is 0 Å². The third-order valence-electron chi connectivity index (χ3n) is 0.211. The Morgan fingerprint density at radius 1 is 1.57 bits per heavy atom. The summed E-state index contributed by atoms with van der Waals surface area (Å²) in [6.45, 7) is 2.79. The quantitative estimate of drug-likeness (QED) is 0.398. The van der Waals surface area contributed by atoms with E-state index in [1.165, 1.54) is 0 Å². The van der Waals surface area contributed by atoms with Gasteiger partial charge in [0, 0.05) is 0 Å². The Labute approximate surface area is 85.0 Å². The normalized spacial score (nSPS) is 9.29. The first-order valence-corrected chi connectivity index (χ1v) is 2.66. The van der Waals surface area contributed by atoms with Gasteiger partial charge in [0.25, 0.3) is 10.1 Å². The molecular formula is C2H5KO3S. The fraction of sp³-hybridized carbons (Fsp3) is 0. The van der Waals surface area contributed by atoms with Crippen LogP contribution in [0.15, 0.2) is 12.0 Å². The molecule has 7 heavy (non-hydrogen) atoms. The Morgan fingerprint density at radius 3 is 1.71 bits per heavy atom. The minimum absolute atomic E-state index is 0. The van der Waals surface area contributed by atoms with Crippen molar-refractivity contribution < 1.29 is 13.0 Å². The Bertz CT molecular complexity index is 123. The minimum atomic E-state index is -3.90. The molecule has 0 amide bonds. The molecule has 0 aromatic heterocycles. The van der Waals surface area contributed by atoms with Crippen LogP contribution in [0.3, 0.4) is 0 Å². The number of hydrogen-bond donors (Lipinski definition) is 1. The SMILES string of the molecule is C=CS(=O)(=O)O.[KH]. The van der Waals surface area contributed by atoms with Crippen molar-refractivity contribution in [2.45, 2.75) is 0 Å². The molecule has 0 saturated carbocycles. The Morgan fingerprint density at radius 2 is 1.71 bits per heavy atom. The van der Waals surface area contributed by atoms with Crippen LogP contribution in [0.4, 0.5) is 0 Å². The van der Waals surface area contributed by atoms with Crippen molar-refractivity contribution in [3.8, 4) is 0 Å². The molecule has 0 spiro atoms. The van der Waals surface area contributed by atoms with Crippen molar-refractivity contribution in [2.75, 3.05) is 0 Å². The summed E-state index contributed by atoms with van der Waals surface area (Å²) in [6, 6.07) is 0. The van der Waals surface area contributed by atoms with Gasteiger partial charge in [-0.3, -0.25) is 4.55 Å². The molecule has 38 valence electrons. The van der Waals surface area contributed by atoms with E-state index >= 15 is 0 Å². The van der Waals surface area contributed by atoms with Crippen molar-refractivity contribution in [3.63, 3.8) is 0 Å². The average molecular weight is 148 g/mol. The molecule has 0 atom stereocenters. The maximum atomic E-state index is 9.44. The Hall–Kier alpha value is 1.29. The van der Waals surface area contributed by atoms with Crippen molar-refractivity contribution >= 4 is 61.5 Å². The average Bonchev–Trinajstić information content (AvgIpc) is 1.35. The molecule has 0 unspecified atom stereocenters. The molecule has 0 aromatic rings. The van der Waals surface area contributed by atoms with Gasteiger partial charge in [0.1, 0.15) is 0 Å². The predicted molar refractivity (Wildman–Crippen MR) is 28.9 cm³/mol. The summed E-state index contributed by atoms with van der Waals surface area (Å²) in [4.78, 5) is 0. The zero-order valence-corrected chi connectivity index (χ0v) is 3.77.